The first-order valence-corrected chi connectivity index (χ1v) is 9.67. The molecule has 1 aliphatic carbocycles. The van der Waals surface area contributed by atoms with Crippen LogP contribution in [0.1, 0.15) is 74.2 Å². The zero-order chi connectivity index (χ0) is 19.7. The smallest absolute Gasteiger partial charge is 0.304 e. The van der Waals surface area contributed by atoms with Crippen LogP contribution < -0.4 is 9.64 Å². The molecule has 2 atom stereocenters. The number of carboxylic acid groups (broad SMARTS) is 1. The highest BCUT2D eigenvalue weighted by Gasteiger charge is 2.33. The Kier molecular flexibility index (Phi) is 5.53. The maximum Gasteiger partial charge on any atom is 0.304 e. The van der Waals surface area contributed by atoms with Gasteiger partial charge in [-0.25, -0.2) is 0 Å². The molecular formula is C21H27NO5. The molecule has 0 aromatic heterocycles. The molecule has 0 saturated heterocycles. The van der Waals surface area contributed by atoms with E-state index in [4.69, 9.17) is 9.84 Å². The van der Waals surface area contributed by atoms with Crippen LogP contribution in [0.25, 0.3) is 0 Å². The number of Topliss-reactive ketones (excluding diaryl/α,β-unsaturated/α-hetero) is 1. The van der Waals surface area contributed by atoms with Crippen molar-refractivity contribution in [1.29, 1.82) is 0 Å². The summed E-state index contributed by atoms with van der Waals surface area (Å²) >= 11 is 0. The Hall–Kier alpha value is -2.37. The summed E-state index contributed by atoms with van der Waals surface area (Å²) in [7, 11) is 1.68. The van der Waals surface area contributed by atoms with Crippen molar-refractivity contribution in [2.24, 2.45) is 5.92 Å². The molecule has 1 saturated carbocycles. The molecule has 27 heavy (non-hydrogen) atoms. The maximum absolute atomic E-state index is 13.1. The second-order valence-corrected chi connectivity index (χ2v) is 7.76. The molecule has 1 fully saturated rings. The number of anilines is 1. The van der Waals surface area contributed by atoms with E-state index in [0.29, 0.717) is 17.0 Å². The Morgan fingerprint density at radius 3 is 2.56 bits per heavy atom. The summed E-state index contributed by atoms with van der Waals surface area (Å²) in [6.07, 6.45) is 4.70. The van der Waals surface area contributed by atoms with E-state index in [-0.39, 0.29) is 24.0 Å². The lowest BCUT2D eigenvalue weighted by Gasteiger charge is -2.33. The fraction of sp³-hybridized carbons (Fsp3) is 0.571. The molecule has 1 N–H and O–H groups in total. The quantitative estimate of drug-likeness (QED) is 0.794. The highest BCUT2D eigenvalue weighted by atomic mass is 16.5. The number of carboxylic acids is 1. The van der Waals surface area contributed by atoms with Crippen molar-refractivity contribution in [1.82, 2.24) is 0 Å². The Morgan fingerprint density at radius 2 is 1.93 bits per heavy atom. The van der Waals surface area contributed by atoms with Gasteiger partial charge in [0.25, 0.3) is 5.91 Å². The number of carbonyl (C=O) groups excluding carboxylic acids is 2. The van der Waals surface area contributed by atoms with Crippen LogP contribution >= 0.6 is 0 Å². The molecule has 1 aliphatic heterocycles. The number of ether oxygens (including phenoxy) is 1. The second kappa shape index (κ2) is 7.71. The van der Waals surface area contributed by atoms with Crippen molar-refractivity contribution in [3.63, 3.8) is 0 Å². The largest absolute Gasteiger partial charge is 0.481 e. The molecule has 3 rings (SSSR count). The highest BCUT2D eigenvalue weighted by Crippen LogP contribution is 2.42. The zero-order valence-corrected chi connectivity index (χ0v) is 16.2. The van der Waals surface area contributed by atoms with E-state index >= 15 is 0 Å². The number of rotatable bonds is 5. The summed E-state index contributed by atoms with van der Waals surface area (Å²) in [5.74, 6) is -1.07. The lowest BCUT2D eigenvalue weighted by Crippen LogP contribution is -2.42. The van der Waals surface area contributed by atoms with Crippen LogP contribution in [0.5, 0.6) is 5.75 Å². The first-order valence-electron chi connectivity index (χ1n) is 9.67. The van der Waals surface area contributed by atoms with Crippen molar-refractivity contribution in [2.45, 2.75) is 64.4 Å². The summed E-state index contributed by atoms with van der Waals surface area (Å²) in [5.41, 5.74) is 2.04. The van der Waals surface area contributed by atoms with Gasteiger partial charge >= 0.3 is 5.97 Å². The van der Waals surface area contributed by atoms with Crippen molar-refractivity contribution in [3.05, 3.63) is 23.3 Å². The van der Waals surface area contributed by atoms with E-state index in [1.807, 2.05) is 6.07 Å². The molecule has 2 unspecified atom stereocenters. The molecule has 1 heterocycles. The predicted molar refractivity (Wildman–Crippen MR) is 102 cm³/mol. The summed E-state index contributed by atoms with van der Waals surface area (Å²) in [6, 6.07) is 3.63. The van der Waals surface area contributed by atoms with E-state index in [1.165, 1.54) is 11.3 Å². The summed E-state index contributed by atoms with van der Waals surface area (Å²) < 4.78 is 5.81. The molecular weight excluding hydrogens is 346 g/mol. The number of hydrogen-bond donors (Lipinski definition) is 1. The van der Waals surface area contributed by atoms with Gasteiger partial charge in [-0.1, -0.05) is 26.2 Å². The first-order chi connectivity index (χ1) is 12.8. The van der Waals surface area contributed by atoms with Gasteiger partial charge in [0.15, 0.2) is 11.9 Å². The maximum atomic E-state index is 13.1. The van der Waals surface area contributed by atoms with E-state index in [9.17, 15) is 14.4 Å². The Bertz CT molecular complexity index is 766. The third-order valence-corrected chi connectivity index (χ3v) is 5.71. The number of aliphatic carboxylic acids is 1. The van der Waals surface area contributed by atoms with Gasteiger partial charge in [-0.15, -0.1) is 0 Å². The molecule has 0 spiro atoms. The lowest BCUT2D eigenvalue weighted by atomic mass is 9.79. The van der Waals surface area contributed by atoms with Crippen LogP contribution in [-0.4, -0.2) is 35.9 Å². The monoisotopic (exact) mass is 373 g/mol. The Morgan fingerprint density at radius 1 is 1.26 bits per heavy atom. The number of fused-ring (bicyclic) bond motifs is 1. The molecule has 1 aromatic rings. The standard InChI is InChI=1S/C21H27NO5/c1-12(9-19(23)24)20(25)16-10-17-18(27-13(2)21(26)22(17)3)11-15(16)14-7-5-4-6-8-14/h10-14H,4-9H2,1-3H3,(H,23,24). The average molecular weight is 373 g/mol. The molecule has 0 radical (unpaired) electrons. The van der Waals surface area contributed by atoms with Crippen molar-refractivity contribution in [2.75, 3.05) is 11.9 Å². The van der Waals surface area contributed by atoms with Crippen LogP contribution in [-0.2, 0) is 9.59 Å². The minimum absolute atomic E-state index is 0.162. The predicted octanol–water partition coefficient (Wildman–Crippen LogP) is 3.77. The molecule has 6 heteroatoms. The van der Waals surface area contributed by atoms with Crippen molar-refractivity contribution >= 4 is 23.3 Å². The number of ketones is 1. The van der Waals surface area contributed by atoms with Gasteiger partial charge < -0.3 is 14.7 Å². The minimum atomic E-state index is -0.988. The molecule has 0 bridgehead atoms. The van der Waals surface area contributed by atoms with E-state index in [0.717, 1.165) is 31.2 Å². The molecule has 6 nitrogen and oxygen atoms in total. The van der Waals surface area contributed by atoms with Crippen LogP contribution in [0.15, 0.2) is 12.1 Å². The highest BCUT2D eigenvalue weighted by molar-refractivity contribution is 6.05. The molecule has 1 aromatic carbocycles. The Labute approximate surface area is 159 Å². The number of benzene rings is 1. The third kappa shape index (κ3) is 3.84. The second-order valence-electron chi connectivity index (χ2n) is 7.76. The van der Waals surface area contributed by atoms with Crippen LogP contribution in [0.3, 0.4) is 0 Å². The number of amides is 1. The van der Waals surface area contributed by atoms with Gasteiger partial charge in [-0.2, -0.15) is 0 Å². The number of hydrogen-bond acceptors (Lipinski definition) is 4. The van der Waals surface area contributed by atoms with Crippen LogP contribution in [0.4, 0.5) is 5.69 Å². The SMILES string of the molecule is CC(CC(=O)O)C(=O)c1cc2c(cc1C1CCCCC1)OC(C)C(=O)N2C. The first kappa shape index (κ1) is 19.4. The van der Waals surface area contributed by atoms with Gasteiger partial charge in [-0.3, -0.25) is 14.4 Å². The average Bonchev–Trinajstić information content (AvgIpc) is 2.65. The third-order valence-electron chi connectivity index (χ3n) is 5.71. The van der Waals surface area contributed by atoms with E-state index in [1.54, 1.807) is 27.0 Å². The molecule has 146 valence electrons. The summed E-state index contributed by atoms with van der Waals surface area (Å²) in [6.45, 7) is 3.37. The molecule has 2 aliphatic rings. The fourth-order valence-electron chi connectivity index (χ4n) is 4.16. The van der Waals surface area contributed by atoms with Crippen LogP contribution in [0.2, 0.25) is 0 Å². The Balaban J connectivity index is 2.07. The number of nitrogens with zero attached hydrogens (tertiary/aromatic N) is 1. The van der Waals surface area contributed by atoms with Gasteiger partial charge in [0, 0.05) is 18.5 Å². The van der Waals surface area contributed by atoms with Gasteiger partial charge in [-0.05, 0) is 43.4 Å². The van der Waals surface area contributed by atoms with E-state index < -0.39 is 18.0 Å². The lowest BCUT2D eigenvalue weighted by molar-refractivity contribution is -0.137. The fourth-order valence-corrected chi connectivity index (χ4v) is 4.16. The normalized spacial score (nSPS) is 21.4. The number of likely N-dealkylation sites (N-methyl/N-ethyl adjacent to an activating group) is 1. The summed E-state index contributed by atoms with van der Waals surface area (Å²) in [4.78, 5) is 37.9. The minimum Gasteiger partial charge on any atom is -0.481 e. The zero-order valence-electron chi connectivity index (χ0n) is 16.2. The number of carbonyl (C=O) groups is 3. The van der Waals surface area contributed by atoms with Crippen molar-refractivity contribution < 1.29 is 24.2 Å². The topological polar surface area (TPSA) is 83.9 Å². The molecule has 1 amide bonds. The van der Waals surface area contributed by atoms with Gasteiger partial charge in [0.05, 0.1) is 12.1 Å². The van der Waals surface area contributed by atoms with Gasteiger partial charge in [0.1, 0.15) is 5.75 Å². The summed E-state index contributed by atoms with van der Waals surface area (Å²) in [5, 5.41) is 9.07. The van der Waals surface area contributed by atoms with Crippen molar-refractivity contribution in [3.8, 4) is 5.75 Å². The van der Waals surface area contributed by atoms with Crippen LogP contribution in [0, 0.1) is 5.92 Å². The van der Waals surface area contributed by atoms with Gasteiger partial charge in [0.2, 0.25) is 0 Å². The van der Waals surface area contributed by atoms with E-state index in [2.05, 4.69) is 0 Å².